The fourth-order valence-corrected chi connectivity index (χ4v) is 4.41. The van der Waals surface area contributed by atoms with Gasteiger partial charge in [0.25, 0.3) is 0 Å². The normalized spacial score (nSPS) is 51.4. The van der Waals surface area contributed by atoms with E-state index in [9.17, 15) is 5.11 Å². The van der Waals surface area contributed by atoms with Crippen LogP contribution in [0.15, 0.2) is 0 Å². The van der Waals surface area contributed by atoms with E-state index < -0.39 is 0 Å². The van der Waals surface area contributed by atoms with Crippen molar-refractivity contribution in [1.82, 2.24) is 5.32 Å². The van der Waals surface area contributed by atoms with Crippen molar-refractivity contribution in [1.29, 1.82) is 0 Å². The van der Waals surface area contributed by atoms with E-state index in [0.717, 1.165) is 17.9 Å². The average molecular weight is 223 g/mol. The summed E-state index contributed by atoms with van der Waals surface area (Å²) in [6.45, 7) is 2.61. The summed E-state index contributed by atoms with van der Waals surface area (Å²) in [5.41, 5.74) is 0.155. The molecule has 0 aliphatic heterocycles. The fraction of sp³-hybridized carbons (Fsp3) is 1.00. The van der Waals surface area contributed by atoms with Gasteiger partial charge in [-0.05, 0) is 43.9 Å². The van der Waals surface area contributed by atoms with Crippen molar-refractivity contribution in [3.63, 3.8) is 0 Å². The molecular weight excluding hydrogens is 198 g/mol. The maximum Gasteiger partial charge on any atom is 0.0499 e. The van der Waals surface area contributed by atoms with Gasteiger partial charge in [-0.1, -0.05) is 19.8 Å². The van der Waals surface area contributed by atoms with Gasteiger partial charge >= 0.3 is 0 Å². The third-order valence-corrected chi connectivity index (χ3v) is 5.60. The third-order valence-electron chi connectivity index (χ3n) is 5.60. The molecule has 2 N–H and O–H groups in total. The maximum absolute atomic E-state index is 9.56. The minimum absolute atomic E-state index is 0.155. The monoisotopic (exact) mass is 223 g/mol. The Morgan fingerprint density at radius 2 is 2.12 bits per heavy atom. The van der Waals surface area contributed by atoms with E-state index in [2.05, 4.69) is 12.2 Å². The van der Waals surface area contributed by atoms with Crippen molar-refractivity contribution in [2.75, 3.05) is 6.61 Å². The van der Waals surface area contributed by atoms with Gasteiger partial charge in [-0.2, -0.15) is 0 Å². The topological polar surface area (TPSA) is 32.3 Å². The van der Waals surface area contributed by atoms with Gasteiger partial charge in [0.15, 0.2) is 0 Å². The molecule has 16 heavy (non-hydrogen) atoms. The molecule has 3 aliphatic rings. The lowest BCUT2D eigenvalue weighted by Crippen LogP contribution is -2.48. The second-order valence-electron chi connectivity index (χ2n) is 6.70. The highest BCUT2D eigenvalue weighted by atomic mass is 16.3. The first-order valence-electron chi connectivity index (χ1n) is 7.08. The number of rotatable bonds is 3. The molecule has 0 heterocycles. The molecule has 0 aromatic rings. The Morgan fingerprint density at radius 1 is 1.25 bits per heavy atom. The third kappa shape index (κ3) is 1.70. The zero-order valence-electron chi connectivity index (χ0n) is 10.4. The molecule has 3 rings (SSSR count). The molecular formula is C14H25NO. The Kier molecular flexibility index (Phi) is 2.75. The van der Waals surface area contributed by atoms with E-state index in [1.165, 1.54) is 44.9 Å². The van der Waals surface area contributed by atoms with Crippen molar-refractivity contribution in [2.24, 2.45) is 17.3 Å². The Bertz CT molecular complexity index is 267. The molecule has 3 aliphatic carbocycles. The number of fused-ring (bicyclic) bond motifs is 2. The molecule has 0 aromatic heterocycles. The highest BCUT2D eigenvalue weighted by Gasteiger charge is 2.44. The number of hydrogen-bond donors (Lipinski definition) is 2. The van der Waals surface area contributed by atoms with E-state index in [1.54, 1.807) is 0 Å². The Labute approximate surface area is 98.8 Å². The Morgan fingerprint density at radius 3 is 2.75 bits per heavy atom. The SMILES string of the molecule is CC1(CO)CCCC1NC1CC2CCC1C2. The van der Waals surface area contributed by atoms with Crippen LogP contribution in [0.5, 0.6) is 0 Å². The summed E-state index contributed by atoms with van der Waals surface area (Å²) in [5, 5.41) is 13.5. The largest absolute Gasteiger partial charge is 0.396 e. The molecule has 5 unspecified atom stereocenters. The predicted molar refractivity (Wildman–Crippen MR) is 65.2 cm³/mol. The lowest BCUT2D eigenvalue weighted by molar-refractivity contribution is 0.108. The second-order valence-corrected chi connectivity index (χ2v) is 6.70. The predicted octanol–water partition coefficient (Wildman–Crippen LogP) is 2.32. The van der Waals surface area contributed by atoms with Crippen LogP contribution in [-0.2, 0) is 0 Å². The zero-order valence-corrected chi connectivity index (χ0v) is 10.4. The van der Waals surface area contributed by atoms with Crippen LogP contribution in [0, 0.1) is 17.3 Å². The van der Waals surface area contributed by atoms with Crippen LogP contribution in [0.25, 0.3) is 0 Å². The smallest absolute Gasteiger partial charge is 0.0499 e. The molecule has 0 saturated heterocycles. The Balaban J connectivity index is 1.62. The highest BCUT2D eigenvalue weighted by Crippen LogP contribution is 2.46. The molecule has 0 aromatic carbocycles. The Hall–Kier alpha value is -0.0800. The average Bonchev–Trinajstić information content (AvgIpc) is 2.96. The van der Waals surface area contributed by atoms with Gasteiger partial charge in [0, 0.05) is 24.1 Å². The van der Waals surface area contributed by atoms with Gasteiger partial charge in [-0.3, -0.25) is 0 Å². The summed E-state index contributed by atoms with van der Waals surface area (Å²) in [4.78, 5) is 0. The van der Waals surface area contributed by atoms with Gasteiger partial charge in [-0.15, -0.1) is 0 Å². The van der Waals surface area contributed by atoms with E-state index >= 15 is 0 Å². The zero-order chi connectivity index (χ0) is 11.2. The maximum atomic E-state index is 9.56. The molecule has 2 heteroatoms. The number of nitrogens with one attached hydrogen (secondary N) is 1. The molecule has 5 atom stereocenters. The van der Waals surface area contributed by atoms with Gasteiger partial charge in [0.1, 0.15) is 0 Å². The molecule has 0 spiro atoms. The van der Waals surface area contributed by atoms with Crippen LogP contribution in [0.3, 0.4) is 0 Å². The summed E-state index contributed by atoms with van der Waals surface area (Å²) < 4.78 is 0. The highest BCUT2D eigenvalue weighted by molar-refractivity contribution is 5.00. The van der Waals surface area contributed by atoms with E-state index in [0.29, 0.717) is 12.6 Å². The van der Waals surface area contributed by atoms with Crippen molar-refractivity contribution < 1.29 is 5.11 Å². The van der Waals surface area contributed by atoms with E-state index in [1.807, 2.05) is 0 Å². The van der Waals surface area contributed by atoms with Gasteiger partial charge in [0.2, 0.25) is 0 Å². The van der Waals surface area contributed by atoms with E-state index in [4.69, 9.17) is 0 Å². The lowest BCUT2D eigenvalue weighted by atomic mass is 9.84. The molecule has 2 nitrogen and oxygen atoms in total. The fourth-order valence-electron chi connectivity index (χ4n) is 4.41. The van der Waals surface area contributed by atoms with Gasteiger partial charge < -0.3 is 10.4 Å². The van der Waals surface area contributed by atoms with Crippen LogP contribution in [-0.4, -0.2) is 23.8 Å². The molecule has 2 bridgehead atoms. The minimum Gasteiger partial charge on any atom is -0.396 e. The lowest BCUT2D eigenvalue weighted by Gasteiger charge is -2.35. The number of aliphatic hydroxyl groups is 1. The van der Waals surface area contributed by atoms with Crippen molar-refractivity contribution in [2.45, 2.75) is 64.0 Å². The summed E-state index contributed by atoms with van der Waals surface area (Å²) >= 11 is 0. The molecule has 0 amide bonds. The van der Waals surface area contributed by atoms with Crippen molar-refractivity contribution in [3.8, 4) is 0 Å². The quantitative estimate of drug-likeness (QED) is 0.769. The van der Waals surface area contributed by atoms with Crippen LogP contribution < -0.4 is 5.32 Å². The van der Waals surface area contributed by atoms with Crippen molar-refractivity contribution in [3.05, 3.63) is 0 Å². The first-order valence-corrected chi connectivity index (χ1v) is 7.08. The van der Waals surface area contributed by atoms with Gasteiger partial charge in [-0.25, -0.2) is 0 Å². The first kappa shape index (κ1) is 11.0. The van der Waals surface area contributed by atoms with Crippen LogP contribution in [0.2, 0.25) is 0 Å². The molecule has 3 fully saturated rings. The summed E-state index contributed by atoms with van der Waals surface area (Å²) in [6, 6.07) is 1.34. The molecule has 3 saturated carbocycles. The standard InChI is InChI=1S/C14H25NO/c1-14(9-16)6-2-3-13(14)15-12-8-10-4-5-11(12)7-10/h10-13,15-16H,2-9H2,1H3. The van der Waals surface area contributed by atoms with Gasteiger partial charge in [0.05, 0.1) is 0 Å². The molecule has 0 radical (unpaired) electrons. The van der Waals surface area contributed by atoms with Crippen LogP contribution >= 0.6 is 0 Å². The first-order chi connectivity index (χ1) is 7.71. The van der Waals surface area contributed by atoms with E-state index in [-0.39, 0.29) is 5.41 Å². The number of hydrogen-bond acceptors (Lipinski definition) is 2. The second kappa shape index (κ2) is 3.99. The minimum atomic E-state index is 0.155. The van der Waals surface area contributed by atoms with Crippen LogP contribution in [0.4, 0.5) is 0 Å². The summed E-state index contributed by atoms with van der Waals surface area (Å²) in [6.07, 6.45) is 9.56. The summed E-state index contributed by atoms with van der Waals surface area (Å²) in [5.74, 6) is 1.97. The van der Waals surface area contributed by atoms with Crippen LogP contribution in [0.1, 0.15) is 51.9 Å². The summed E-state index contributed by atoms with van der Waals surface area (Å²) in [7, 11) is 0. The molecule has 92 valence electrons. The number of aliphatic hydroxyl groups excluding tert-OH is 1. The van der Waals surface area contributed by atoms with Crippen molar-refractivity contribution >= 4 is 0 Å².